The molecule has 4 rings (SSSR count). The predicted octanol–water partition coefficient (Wildman–Crippen LogP) is 4.83. The Labute approximate surface area is 193 Å². The van der Waals surface area contributed by atoms with Crippen LogP contribution in [0.3, 0.4) is 0 Å². The summed E-state index contributed by atoms with van der Waals surface area (Å²) in [4.78, 5) is 20.9. The number of aromatic nitrogens is 2. The number of thioether (sulfide) groups is 1. The van der Waals surface area contributed by atoms with E-state index in [1.54, 1.807) is 17.8 Å². The van der Waals surface area contributed by atoms with Crippen molar-refractivity contribution in [3.05, 3.63) is 77.4 Å². The topological polar surface area (TPSA) is 88.0 Å². The lowest BCUT2D eigenvalue weighted by atomic mass is 10.1. The van der Waals surface area contributed by atoms with Crippen LogP contribution in [0.15, 0.2) is 59.6 Å². The van der Waals surface area contributed by atoms with Gasteiger partial charge in [0.1, 0.15) is 16.9 Å². The van der Waals surface area contributed by atoms with Gasteiger partial charge in [-0.25, -0.2) is 4.98 Å². The van der Waals surface area contributed by atoms with Crippen molar-refractivity contribution in [2.45, 2.75) is 49.8 Å². The summed E-state index contributed by atoms with van der Waals surface area (Å²) < 4.78 is 2.25. The quantitative estimate of drug-likeness (QED) is 0.294. The minimum Gasteiger partial charge on any atom is -0.384 e. The van der Waals surface area contributed by atoms with E-state index >= 15 is 0 Å². The van der Waals surface area contributed by atoms with Crippen molar-refractivity contribution in [3.8, 4) is 0 Å². The summed E-state index contributed by atoms with van der Waals surface area (Å²) in [6.07, 6.45) is 4.95. The number of carbonyl (C=O) groups is 1. The van der Waals surface area contributed by atoms with Gasteiger partial charge in [0.05, 0.1) is 5.69 Å². The van der Waals surface area contributed by atoms with Crippen LogP contribution in [0.25, 0.3) is 0 Å². The summed E-state index contributed by atoms with van der Waals surface area (Å²) in [5.74, 6) is 1.16. The summed E-state index contributed by atoms with van der Waals surface area (Å²) in [6, 6.07) is 15.6. The smallest absolute Gasteiger partial charge is 0.245 e. The molecule has 0 saturated carbocycles. The number of hydrogen-bond acceptors (Lipinski definition) is 4. The van der Waals surface area contributed by atoms with Crippen molar-refractivity contribution < 1.29 is 4.79 Å². The van der Waals surface area contributed by atoms with Crippen molar-refractivity contribution in [3.63, 3.8) is 0 Å². The van der Waals surface area contributed by atoms with Crippen LogP contribution in [0.2, 0.25) is 0 Å². The molecule has 1 aromatic heterocycles. The second kappa shape index (κ2) is 9.61. The Morgan fingerprint density at radius 3 is 2.62 bits per heavy atom. The minimum absolute atomic E-state index is 0.0146. The molecule has 0 radical (unpaired) electrons. The fourth-order valence-corrected chi connectivity index (χ4v) is 5.38. The molecule has 1 amide bonds. The minimum atomic E-state index is -0.333. The second-order valence-electron chi connectivity index (χ2n) is 8.15. The average molecular weight is 448 g/mol. The van der Waals surface area contributed by atoms with Crippen LogP contribution in [-0.2, 0) is 11.3 Å². The molecule has 3 aromatic rings. The van der Waals surface area contributed by atoms with E-state index in [9.17, 15) is 4.79 Å². The van der Waals surface area contributed by atoms with Gasteiger partial charge in [0.25, 0.3) is 0 Å². The Morgan fingerprint density at radius 2 is 1.88 bits per heavy atom. The number of amides is 1. The number of nitrogens with zero attached hydrogens (tertiary/aromatic N) is 3. The molecule has 6 nitrogen and oxygen atoms in total. The Morgan fingerprint density at radius 1 is 1.09 bits per heavy atom. The summed E-state index contributed by atoms with van der Waals surface area (Å²) >= 11 is 1.57. The van der Waals surface area contributed by atoms with E-state index < -0.39 is 0 Å². The Bertz CT molecular complexity index is 1120. The number of nitrogens with two attached hydrogens (primary N) is 1. The number of hydrogen-bond donors (Lipinski definition) is 2. The van der Waals surface area contributed by atoms with Crippen molar-refractivity contribution in [1.82, 2.24) is 9.55 Å². The molecule has 2 heterocycles. The Hall–Kier alpha value is -3.06. The summed E-state index contributed by atoms with van der Waals surface area (Å²) in [6.45, 7) is 5.77. The van der Waals surface area contributed by atoms with E-state index in [4.69, 9.17) is 11.1 Å². The van der Waals surface area contributed by atoms with Gasteiger partial charge in [0.15, 0.2) is 0 Å². The number of amidine groups is 1. The van der Waals surface area contributed by atoms with Gasteiger partial charge in [-0.2, -0.15) is 0 Å². The molecular formula is C25H29N5OS. The van der Waals surface area contributed by atoms with Crippen molar-refractivity contribution >= 4 is 29.2 Å². The van der Waals surface area contributed by atoms with E-state index in [0.29, 0.717) is 12.1 Å². The molecule has 2 aromatic carbocycles. The highest BCUT2D eigenvalue weighted by Gasteiger charge is 2.34. The molecule has 0 fully saturated rings. The monoisotopic (exact) mass is 447 g/mol. The van der Waals surface area contributed by atoms with Gasteiger partial charge < -0.3 is 15.2 Å². The largest absolute Gasteiger partial charge is 0.384 e. The number of carbonyl (C=O) groups excluding carboxylic acids is 1. The number of para-hydroxylation sites is 1. The third kappa shape index (κ3) is 4.58. The summed E-state index contributed by atoms with van der Waals surface area (Å²) in [5.41, 5.74) is 9.38. The number of fused-ring (bicyclic) bond motifs is 1. The van der Waals surface area contributed by atoms with Gasteiger partial charge in [-0.05, 0) is 56.9 Å². The number of unbranched alkanes of at least 4 members (excludes halogenated alkanes) is 2. The molecule has 1 unspecified atom stereocenters. The predicted molar refractivity (Wildman–Crippen MR) is 130 cm³/mol. The number of nitrogens with one attached hydrogen (secondary N) is 1. The van der Waals surface area contributed by atoms with E-state index in [1.807, 2.05) is 54.4 Å². The van der Waals surface area contributed by atoms with Crippen LogP contribution < -0.4 is 10.6 Å². The molecule has 0 bridgehead atoms. The molecular weight excluding hydrogens is 418 g/mol. The molecule has 1 aliphatic heterocycles. The van der Waals surface area contributed by atoms with E-state index in [2.05, 4.69) is 22.5 Å². The molecule has 0 aliphatic carbocycles. The van der Waals surface area contributed by atoms with Gasteiger partial charge in [-0.1, -0.05) is 30.3 Å². The van der Waals surface area contributed by atoms with Crippen LogP contribution in [0.1, 0.15) is 47.2 Å². The highest BCUT2D eigenvalue weighted by Crippen LogP contribution is 2.46. The number of benzene rings is 2. The maximum absolute atomic E-state index is 13.5. The van der Waals surface area contributed by atoms with Crippen LogP contribution in [0, 0.1) is 19.3 Å². The van der Waals surface area contributed by atoms with Crippen LogP contribution in [0.5, 0.6) is 0 Å². The van der Waals surface area contributed by atoms with E-state index in [-0.39, 0.29) is 17.0 Å². The number of anilines is 1. The average Bonchev–Trinajstić information content (AvgIpc) is 3.12. The number of imidazole rings is 1. The zero-order chi connectivity index (χ0) is 22.7. The Balaban J connectivity index is 1.46. The molecule has 32 heavy (non-hydrogen) atoms. The van der Waals surface area contributed by atoms with E-state index in [1.165, 1.54) is 5.69 Å². The van der Waals surface area contributed by atoms with Crippen LogP contribution in [-0.4, -0.2) is 27.8 Å². The maximum Gasteiger partial charge on any atom is 0.245 e. The molecule has 3 N–H and O–H groups in total. The third-order valence-electron chi connectivity index (χ3n) is 5.91. The third-order valence-corrected chi connectivity index (χ3v) is 7.22. The first-order valence-electron chi connectivity index (χ1n) is 11.0. The Kier molecular flexibility index (Phi) is 6.65. The summed E-state index contributed by atoms with van der Waals surface area (Å²) in [5, 5.41) is 7.40. The van der Waals surface area contributed by atoms with Crippen molar-refractivity contribution in [2.75, 3.05) is 11.4 Å². The SMILES string of the molecule is Cc1cnc(C)n1CCCCCN1C(=O)C(c2cccc(C(=N)N)c2)Sc2ccccc21. The lowest BCUT2D eigenvalue weighted by Crippen LogP contribution is -2.38. The van der Waals surface area contributed by atoms with Gasteiger partial charge in [-0.15, -0.1) is 11.8 Å². The highest BCUT2D eigenvalue weighted by molar-refractivity contribution is 8.00. The first-order valence-corrected chi connectivity index (χ1v) is 11.8. The zero-order valence-electron chi connectivity index (χ0n) is 18.5. The second-order valence-corrected chi connectivity index (χ2v) is 9.30. The maximum atomic E-state index is 13.5. The van der Waals surface area contributed by atoms with Gasteiger partial charge in [0.2, 0.25) is 5.91 Å². The fourth-order valence-electron chi connectivity index (χ4n) is 4.16. The van der Waals surface area contributed by atoms with Crippen LogP contribution >= 0.6 is 11.8 Å². The molecule has 1 aliphatic rings. The normalized spacial score (nSPS) is 15.6. The standard InChI is InChI=1S/C25H29N5OS/c1-17-16-28-18(2)29(17)13-6-3-7-14-30-21-11-4-5-12-22(21)32-23(25(30)31)19-9-8-10-20(15-19)24(26)27/h4-5,8-12,15-16,23H,3,6-7,13-14H2,1-2H3,(H3,26,27). The van der Waals surface area contributed by atoms with Gasteiger partial charge in [0, 0.05) is 35.4 Å². The van der Waals surface area contributed by atoms with Crippen molar-refractivity contribution in [1.29, 1.82) is 5.41 Å². The molecule has 166 valence electrons. The van der Waals surface area contributed by atoms with Gasteiger partial charge >= 0.3 is 0 Å². The molecule has 1 atom stereocenters. The fraction of sp³-hybridized carbons (Fsp3) is 0.320. The highest BCUT2D eigenvalue weighted by atomic mass is 32.2. The molecule has 7 heteroatoms. The lowest BCUT2D eigenvalue weighted by Gasteiger charge is -2.34. The lowest BCUT2D eigenvalue weighted by molar-refractivity contribution is -0.118. The number of rotatable bonds is 8. The number of nitrogen functional groups attached to an aromatic ring is 1. The summed E-state index contributed by atoms with van der Waals surface area (Å²) in [7, 11) is 0. The van der Waals surface area contributed by atoms with Crippen molar-refractivity contribution in [2.24, 2.45) is 5.73 Å². The number of aryl methyl sites for hydroxylation is 2. The molecule has 0 saturated heterocycles. The van der Waals surface area contributed by atoms with Crippen LogP contribution in [0.4, 0.5) is 5.69 Å². The zero-order valence-corrected chi connectivity index (χ0v) is 19.4. The van der Waals surface area contributed by atoms with Gasteiger partial charge in [-0.3, -0.25) is 10.2 Å². The van der Waals surface area contributed by atoms with E-state index in [0.717, 1.165) is 47.8 Å². The first kappa shape index (κ1) is 22.1. The molecule has 0 spiro atoms. The first-order chi connectivity index (χ1) is 15.5.